The van der Waals surface area contributed by atoms with Crippen LogP contribution in [0.2, 0.25) is 0 Å². The van der Waals surface area contributed by atoms with Gasteiger partial charge in [-0.15, -0.1) is 0 Å². The fourth-order valence-electron chi connectivity index (χ4n) is 1.38. The van der Waals surface area contributed by atoms with E-state index in [1.165, 1.54) is 20.0 Å². The van der Waals surface area contributed by atoms with Crippen molar-refractivity contribution in [1.29, 1.82) is 0 Å². The van der Waals surface area contributed by atoms with Crippen LogP contribution in [0.1, 0.15) is 12.5 Å². The van der Waals surface area contributed by atoms with Crippen molar-refractivity contribution in [2.45, 2.75) is 25.9 Å². The predicted molar refractivity (Wildman–Crippen MR) is 65.7 cm³/mol. The van der Waals surface area contributed by atoms with Crippen LogP contribution >= 0.6 is 0 Å². The molecule has 0 bridgehead atoms. The number of hydrogen-bond donors (Lipinski definition) is 2. The number of aryl methyl sites for hydroxylation is 1. The number of H-pyrrole nitrogens is 1. The third kappa shape index (κ3) is 2.97. The molecule has 1 aromatic rings. The normalized spacial score (nSPS) is 13.7. The number of ketones is 1. The predicted octanol–water partition coefficient (Wildman–Crippen LogP) is -1.70. The molecule has 3 N–H and O–H groups in total. The first-order valence-electron chi connectivity index (χ1n) is 5.41. The molecule has 8 nitrogen and oxygen atoms in total. The summed E-state index contributed by atoms with van der Waals surface area (Å²) in [6.45, 7) is 2.25. The Kier molecular flexibility index (Phi) is 4.05. The van der Waals surface area contributed by atoms with Gasteiger partial charge in [0.1, 0.15) is 0 Å². The summed E-state index contributed by atoms with van der Waals surface area (Å²) in [7, 11) is 1.11. The summed E-state index contributed by atoms with van der Waals surface area (Å²) >= 11 is 0. The van der Waals surface area contributed by atoms with Gasteiger partial charge in [-0.3, -0.25) is 19.1 Å². The van der Waals surface area contributed by atoms with E-state index in [-0.39, 0.29) is 5.56 Å². The van der Waals surface area contributed by atoms with Crippen LogP contribution < -0.4 is 17.0 Å². The lowest BCUT2D eigenvalue weighted by Crippen LogP contribution is -2.54. The largest absolute Gasteiger partial charge is 0.467 e. The molecule has 0 radical (unpaired) electrons. The molecule has 0 saturated carbocycles. The van der Waals surface area contributed by atoms with E-state index in [2.05, 4.69) is 4.74 Å². The number of carbonyl (C=O) groups excluding carboxylic acids is 2. The highest BCUT2D eigenvalue weighted by Crippen LogP contribution is 2.05. The average Bonchev–Trinajstić information content (AvgIpc) is 2.34. The standard InChI is InChI=1S/C11H15N3O5/c1-6-4-14(10(18)13-8(6)16)5-7(15)11(2,12)9(17)19-3/h4H,5,12H2,1-3H3,(H,13,16,18)/t11-/m1/s1. The third-order valence-corrected chi connectivity index (χ3v) is 2.69. The molecule has 0 amide bonds. The van der Waals surface area contributed by atoms with Crippen LogP contribution in [0.15, 0.2) is 15.8 Å². The molecule has 19 heavy (non-hydrogen) atoms. The van der Waals surface area contributed by atoms with Crippen molar-refractivity contribution < 1.29 is 14.3 Å². The number of nitrogens with one attached hydrogen (secondary N) is 1. The summed E-state index contributed by atoms with van der Waals surface area (Å²) in [6.07, 6.45) is 1.23. The van der Waals surface area contributed by atoms with E-state index < -0.39 is 35.1 Å². The van der Waals surface area contributed by atoms with Crippen LogP contribution in [0.3, 0.4) is 0 Å². The molecule has 0 aliphatic rings. The van der Waals surface area contributed by atoms with Crippen molar-refractivity contribution in [1.82, 2.24) is 9.55 Å². The minimum Gasteiger partial charge on any atom is -0.467 e. The fourth-order valence-corrected chi connectivity index (χ4v) is 1.38. The van der Waals surface area contributed by atoms with Gasteiger partial charge in [0, 0.05) is 11.8 Å². The van der Waals surface area contributed by atoms with Crippen molar-refractivity contribution in [3.8, 4) is 0 Å². The lowest BCUT2D eigenvalue weighted by Gasteiger charge is -2.20. The summed E-state index contributed by atoms with van der Waals surface area (Å²) in [4.78, 5) is 48.0. The number of hydrogen-bond acceptors (Lipinski definition) is 6. The molecule has 0 saturated heterocycles. The minimum atomic E-state index is -1.85. The SMILES string of the molecule is COC(=O)[C@](C)(N)C(=O)Cn1cc(C)c(=O)[nH]c1=O. The monoisotopic (exact) mass is 269 g/mol. The Balaban J connectivity index is 3.08. The Hall–Kier alpha value is -2.22. The fraction of sp³-hybridized carbons (Fsp3) is 0.455. The number of methoxy groups -OCH3 is 1. The molecule has 1 rings (SSSR count). The first kappa shape index (κ1) is 14.8. The molecule has 0 fully saturated rings. The zero-order valence-electron chi connectivity index (χ0n) is 10.9. The van der Waals surface area contributed by atoms with Gasteiger partial charge in [0.05, 0.1) is 13.7 Å². The number of nitrogens with two attached hydrogens (primary N) is 1. The number of aromatic amines is 1. The highest BCUT2D eigenvalue weighted by Gasteiger charge is 2.37. The smallest absolute Gasteiger partial charge is 0.333 e. The second kappa shape index (κ2) is 5.19. The molecule has 0 aliphatic heterocycles. The first-order chi connectivity index (χ1) is 8.70. The molecule has 1 aromatic heterocycles. The Labute approximate surface area is 108 Å². The number of carbonyl (C=O) groups is 2. The zero-order chi connectivity index (χ0) is 14.8. The summed E-state index contributed by atoms with van der Waals surface area (Å²) in [5.41, 5.74) is 2.71. The van der Waals surface area contributed by atoms with E-state index in [0.717, 1.165) is 11.7 Å². The van der Waals surface area contributed by atoms with E-state index in [1.54, 1.807) is 0 Å². The van der Waals surface area contributed by atoms with Crippen molar-refractivity contribution in [3.63, 3.8) is 0 Å². The molecule has 0 spiro atoms. The van der Waals surface area contributed by atoms with E-state index in [0.29, 0.717) is 0 Å². The molecule has 0 aliphatic carbocycles. The van der Waals surface area contributed by atoms with Crippen molar-refractivity contribution >= 4 is 11.8 Å². The number of nitrogens with zero attached hydrogens (tertiary/aromatic N) is 1. The highest BCUT2D eigenvalue weighted by molar-refractivity contribution is 6.07. The maximum Gasteiger partial charge on any atom is 0.333 e. The molecule has 1 atom stereocenters. The van der Waals surface area contributed by atoms with Gasteiger partial charge in [0.25, 0.3) is 5.56 Å². The van der Waals surface area contributed by atoms with Gasteiger partial charge in [0.2, 0.25) is 0 Å². The second-order valence-corrected chi connectivity index (χ2v) is 4.32. The topological polar surface area (TPSA) is 124 Å². The molecule has 1 heterocycles. The lowest BCUT2D eigenvalue weighted by atomic mass is 9.98. The van der Waals surface area contributed by atoms with Crippen LogP contribution in [0.4, 0.5) is 0 Å². The molecule has 8 heteroatoms. The number of aromatic nitrogens is 2. The van der Waals surface area contributed by atoms with E-state index >= 15 is 0 Å². The average molecular weight is 269 g/mol. The zero-order valence-corrected chi connectivity index (χ0v) is 10.9. The second-order valence-electron chi connectivity index (χ2n) is 4.32. The van der Waals surface area contributed by atoms with Gasteiger partial charge >= 0.3 is 11.7 Å². The molecular weight excluding hydrogens is 254 g/mol. The Morgan fingerprint density at radius 2 is 2.05 bits per heavy atom. The van der Waals surface area contributed by atoms with E-state index in [9.17, 15) is 19.2 Å². The summed E-state index contributed by atoms with van der Waals surface area (Å²) < 4.78 is 5.40. The number of Topliss-reactive ketones (excluding diaryl/α,β-unsaturated/α-hetero) is 1. The first-order valence-corrected chi connectivity index (χ1v) is 5.41. The molecule has 0 unspecified atom stereocenters. The number of rotatable bonds is 4. The van der Waals surface area contributed by atoms with Crippen molar-refractivity contribution in [2.75, 3.05) is 7.11 Å². The van der Waals surface area contributed by atoms with Gasteiger partial charge in [-0.25, -0.2) is 9.59 Å². The molecule has 104 valence electrons. The van der Waals surface area contributed by atoms with Crippen LogP contribution in [0, 0.1) is 6.92 Å². The Bertz CT molecular complexity index is 626. The summed E-state index contributed by atoms with van der Waals surface area (Å²) in [5.74, 6) is -1.60. The van der Waals surface area contributed by atoms with Gasteiger partial charge in [-0.1, -0.05) is 0 Å². The summed E-state index contributed by atoms with van der Waals surface area (Å²) in [6, 6.07) is 0. The lowest BCUT2D eigenvalue weighted by molar-refractivity contribution is -0.150. The van der Waals surface area contributed by atoms with E-state index in [4.69, 9.17) is 5.73 Å². The third-order valence-electron chi connectivity index (χ3n) is 2.69. The van der Waals surface area contributed by atoms with E-state index in [1.807, 2.05) is 4.98 Å². The highest BCUT2D eigenvalue weighted by atomic mass is 16.5. The molecular formula is C11H15N3O5. The number of esters is 1. The maximum atomic E-state index is 11.9. The minimum absolute atomic E-state index is 0.268. The van der Waals surface area contributed by atoms with Crippen LogP contribution in [0.5, 0.6) is 0 Å². The molecule has 0 aromatic carbocycles. The van der Waals surface area contributed by atoms with Crippen molar-refractivity contribution in [2.24, 2.45) is 5.73 Å². The van der Waals surface area contributed by atoms with Crippen molar-refractivity contribution in [3.05, 3.63) is 32.6 Å². The maximum absolute atomic E-state index is 11.9. The summed E-state index contributed by atoms with van der Waals surface area (Å²) in [5, 5.41) is 0. The number of ether oxygens (including phenoxy) is 1. The van der Waals surface area contributed by atoms with Crippen LogP contribution in [0.25, 0.3) is 0 Å². The Morgan fingerprint density at radius 1 is 1.47 bits per heavy atom. The Morgan fingerprint density at radius 3 is 2.58 bits per heavy atom. The van der Waals surface area contributed by atoms with Crippen LogP contribution in [-0.4, -0.2) is 34.0 Å². The van der Waals surface area contributed by atoms with Gasteiger partial charge < -0.3 is 10.5 Å². The van der Waals surface area contributed by atoms with Gasteiger partial charge in [-0.05, 0) is 13.8 Å². The van der Waals surface area contributed by atoms with Crippen LogP contribution in [-0.2, 0) is 20.9 Å². The quantitative estimate of drug-likeness (QED) is 0.496. The van der Waals surface area contributed by atoms with Gasteiger partial charge in [-0.2, -0.15) is 0 Å². The van der Waals surface area contributed by atoms with Gasteiger partial charge in [0.15, 0.2) is 11.3 Å².